The van der Waals surface area contributed by atoms with Gasteiger partial charge in [-0.3, -0.25) is 10.1 Å². The summed E-state index contributed by atoms with van der Waals surface area (Å²) < 4.78 is 5.06. The van der Waals surface area contributed by atoms with E-state index < -0.39 is 0 Å². The first-order valence-corrected chi connectivity index (χ1v) is 7.37. The molecule has 1 amide bonds. The summed E-state index contributed by atoms with van der Waals surface area (Å²) in [4.78, 5) is 13.8. The molecule has 1 aromatic rings. The highest BCUT2D eigenvalue weighted by Gasteiger charge is 2.29. The summed E-state index contributed by atoms with van der Waals surface area (Å²) in [6.45, 7) is 5.38. The molecule has 1 N–H and O–H groups in total. The molecular formula is C16H20N2O2S. The number of amides is 1. The minimum atomic E-state index is -0.163. The van der Waals surface area contributed by atoms with Crippen LogP contribution in [0.25, 0.3) is 6.08 Å². The smallest absolute Gasteiger partial charge is 0.274 e. The molecule has 0 bridgehead atoms. The Hall–Kier alpha value is -1.72. The second kappa shape index (κ2) is 6.83. The van der Waals surface area contributed by atoms with E-state index in [1.54, 1.807) is 12.0 Å². The van der Waals surface area contributed by atoms with Gasteiger partial charge < -0.3 is 9.64 Å². The molecule has 2 rings (SSSR count). The van der Waals surface area contributed by atoms with E-state index in [9.17, 15) is 4.79 Å². The van der Waals surface area contributed by atoms with Crippen molar-refractivity contribution in [2.45, 2.75) is 19.8 Å². The fraction of sp³-hybridized carbons (Fsp3) is 0.375. The van der Waals surface area contributed by atoms with Crippen LogP contribution in [0.3, 0.4) is 0 Å². The van der Waals surface area contributed by atoms with Crippen molar-refractivity contribution in [3.05, 3.63) is 41.1 Å². The van der Waals surface area contributed by atoms with Crippen molar-refractivity contribution >= 4 is 29.3 Å². The fourth-order valence-corrected chi connectivity index (χ4v) is 2.43. The first-order valence-electron chi connectivity index (χ1n) is 6.96. The van der Waals surface area contributed by atoms with Gasteiger partial charge in [0.05, 0.1) is 6.61 Å². The highest BCUT2D eigenvalue weighted by molar-refractivity contribution is 7.80. The molecule has 21 heavy (non-hydrogen) atoms. The molecule has 0 aromatic heterocycles. The van der Waals surface area contributed by atoms with Crippen LogP contribution in [0.1, 0.15) is 30.9 Å². The number of thiocarbonyl (C=S) groups is 1. The largest absolute Gasteiger partial charge is 0.383 e. The summed E-state index contributed by atoms with van der Waals surface area (Å²) >= 11 is 5.18. The van der Waals surface area contributed by atoms with Crippen LogP contribution in [-0.4, -0.2) is 36.2 Å². The summed E-state index contributed by atoms with van der Waals surface area (Å²) in [5, 5.41) is 3.10. The van der Waals surface area contributed by atoms with Gasteiger partial charge in [0.15, 0.2) is 5.11 Å². The maximum absolute atomic E-state index is 12.0. The van der Waals surface area contributed by atoms with Crippen LogP contribution in [0.15, 0.2) is 30.0 Å². The van der Waals surface area contributed by atoms with Crippen molar-refractivity contribution in [2.75, 3.05) is 20.3 Å². The zero-order valence-electron chi connectivity index (χ0n) is 12.6. The molecule has 0 aliphatic carbocycles. The van der Waals surface area contributed by atoms with E-state index in [0.29, 0.717) is 29.9 Å². The Morgan fingerprint density at radius 1 is 1.33 bits per heavy atom. The lowest BCUT2D eigenvalue weighted by Gasteiger charge is -2.16. The Bertz CT molecular complexity index is 564. The first kappa shape index (κ1) is 15.7. The molecule has 0 spiro atoms. The molecule has 1 aromatic carbocycles. The van der Waals surface area contributed by atoms with Gasteiger partial charge >= 0.3 is 0 Å². The van der Waals surface area contributed by atoms with Crippen molar-refractivity contribution in [1.82, 2.24) is 10.2 Å². The van der Waals surface area contributed by atoms with E-state index in [0.717, 1.165) is 5.56 Å². The lowest BCUT2D eigenvalue weighted by atomic mass is 10.0. The normalized spacial score (nSPS) is 17.0. The predicted octanol–water partition coefficient (Wildman–Crippen LogP) is 2.51. The second-order valence-corrected chi connectivity index (χ2v) is 5.64. The minimum absolute atomic E-state index is 0.163. The topological polar surface area (TPSA) is 41.6 Å². The maximum Gasteiger partial charge on any atom is 0.274 e. The van der Waals surface area contributed by atoms with E-state index in [2.05, 4.69) is 31.3 Å². The third-order valence-electron chi connectivity index (χ3n) is 3.41. The van der Waals surface area contributed by atoms with Crippen LogP contribution < -0.4 is 5.32 Å². The third-order valence-corrected chi connectivity index (χ3v) is 3.74. The average molecular weight is 304 g/mol. The van der Waals surface area contributed by atoms with Crippen molar-refractivity contribution in [2.24, 2.45) is 0 Å². The van der Waals surface area contributed by atoms with E-state index >= 15 is 0 Å². The number of carbonyl (C=O) groups is 1. The third kappa shape index (κ3) is 3.68. The highest BCUT2D eigenvalue weighted by atomic mass is 32.1. The number of hydrogen-bond acceptors (Lipinski definition) is 3. The van der Waals surface area contributed by atoms with E-state index in [1.165, 1.54) is 5.56 Å². The van der Waals surface area contributed by atoms with Gasteiger partial charge in [-0.1, -0.05) is 38.1 Å². The Morgan fingerprint density at radius 3 is 2.57 bits per heavy atom. The average Bonchev–Trinajstić information content (AvgIpc) is 2.71. The van der Waals surface area contributed by atoms with Crippen molar-refractivity contribution in [3.8, 4) is 0 Å². The van der Waals surface area contributed by atoms with Crippen LogP contribution in [0.4, 0.5) is 0 Å². The molecule has 0 radical (unpaired) electrons. The summed E-state index contributed by atoms with van der Waals surface area (Å²) in [7, 11) is 1.63. The number of carbonyl (C=O) groups excluding carboxylic acids is 1. The highest BCUT2D eigenvalue weighted by Crippen LogP contribution is 2.19. The fourth-order valence-electron chi connectivity index (χ4n) is 2.14. The molecule has 1 heterocycles. The van der Waals surface area contributed by atoms with Crippen molar-refractivity contribution < 1.29 is 9.53 Å². The summed E-state index contributed by atoms with van der Waals surface area (Å²) in [6.07, 6.45) is 1.86. The maximum atomic E-state index is 12.0. The van der Waals surface area contributed by atoms with Gasteiger partial charge in [0.2, 0.25) is 0 Å². The van der Waals surface area contributed by atoms with E-state index in [-0.39, 0.29) is 5.91 Å². The number of nitrogens with one attached hydrogen (secondary N) is 1. The Kier molecular flexibility index (Phi) is 5.09. The standard InChI is InChI=1S/C16H20N2O2S/c1-11(2)13-6-4-12(5-7-13)10-14-15(19)17-16(21)18(14)8-9-20-3/h4-7,10-11H,8-9H2,1-3H3,(H,17,19,21)/b14-10+. The number of rotatable bonds is 5. The molecule has 5 heteroatoms. The lowest BCUT2D eigenvalue weighted by Crippen LogP contribution is -2.30. The van der Waals surface area contributed by atoms with Gasteiger partial charge in [-0.25, -0.2) is 0 Å². The van der Waals surface area contributed by atoms with Crippen LogP contribution in [0.2, 0.25) is 0 Å². The van der Waals surface area contributed by atoms with E-state index in [1.807, 2.05) is 18.2 Å². The van der Waals surface area contributed by atoms with Gasteiger partial charge in [-0.15, -0.1) is 0 Å². The number of ether oxygens (including phenoxy) is 1. The lowest BCUT2D eigenvalue weighted by molar-refractivity contribution is -0.115. The zero-order chi connectivity index (χ0) is 15.4. The summed E-state index contributed by atoms with van der Waals surface area (Å²) in [5.74, 6) is 0.330. The molecule has 112 valence electrons. The first-order chi connectivity index (χ1) is 10.0. The van der Waals surface area contributed by atoms with Gasteiger partial charge in [0, 0.05) is 13.7 Å². The van der Waals surface area contributed by atoms with Crippen LogP contribution >= 0.6 is 12.2 Å². The molecule has 0 unspecified atom stereocenters. The van der Waals surface area contributed by atoms with Gasteiger partial charge in [-0.2, -0.15) is 0 Å². The van der Waals surface area contributed by atoms with E-state index in [4.69, 9.17) is 17.0 Å². The van der Waals surface area contributed by atoms with Gasteiger partial charge in [0.1, 0.15) is 5.70 Å². The zero-order valence-corrected chi connectivity index (χ0v) is 13.4. The Labute approximate surface area is 130 Å². The number of methoxy groups -OCH3 is 1. The summed E-state index contributed by atoms with van der Waals surface area (Å²) in [5.41, 5.74) is 2.82. The quantitative estimate of drug-likeness (QED) is 0.670. The number of benzene rings is 1. The second-order valence-electron chi connectivity index (χ2n) is 5.25. The van der Waals surface area contributed by atoms with Crippen LogP contribution in [0, 0.1) is 0 Å². The molecule has 1 aliphatic heterocycles. The number of hydrogen-bond donors (Lipinski definition) is 1. The predicted molar refractivity (Wildman–Crippen MR) is 87.8 cm³/mol. The SMILES string of the molecule is COCCN1C(=S)NC(=O)/C1=C\c1ccc(C(C)C)cc1. The summed E-state index contributed by atoms with van der Waals surface area (Å²) in [6, 6.07) is 8.21. The minimum Gasteiger partial charge on any atom is -0.383 e. The monoisotopic (exact) mass is 304 g/mol. The number of nitrogens with zero attached hydrogens (tertiary/aromatic N) is 1. The van der Waals surface area contributed by atoms with Gasteiger partial charge in [0.25, 0.3) is 5.91 Å². The molecular weight excluding hydrogens is 284 g/mol. The molecule has 1 aliphatic rings. The molecule has 4 nitrogen and oxygen atoms in total. The van der Waals surface area contributed by atoms with Crippen molar-refractivity contribution in [3.63, 3.8) is 0 Å². The molecule has 0 saturated carbocycles. The Morgan fingerprint density at radius 2 is 2.00 bits per heavy atom. The molecule has 1 fully saturated rings. The molecule has 1 saturated heterocycles. The van der Waals surface area contributed by atoms with Crippen molar-refractivity contribution in [1.29, 1.82) is 0 Å². The van der Waals surface area contributed by atoms with Crippen LogP contribution in [-0.2, 0) is 9.53 Å². The van der Waals surface area contributed by atoms with Crippen LogP contribution in [0.5, 0.6) is 0 Å². The Balaban J connectivity index is 2.24. The molecule has 0 atom stereocenters. The van der Waals surface area contributed by atoms with Gasteiger partial charge in [-0.05, 0) is 35.3 Å².